The summed E-state index contributed by atoms with van der Waals surface area (Å²) < 4.78 is 5.65. The fraction of sp³-hybridized carbons (Fsp3) is 0.529. The molecule has 0 spiro atoms. The number of aryl methyl sites for hydroxylation is 1. The third-order valence-corrected chi connectivity index (χ3v) is 5.21. The van der Waals surface area contributed by atoms with Gasteiger partial charge in [0.05, 0.1) is 6.04 Å². The molecule has 0 aromatic carbocycles. The van der Waals surface area contributed by atoms with E-state index in [9.17, 15) is 5.26 Å². The van der Waals surface area contributed by atoms with E-state index in [-0.39, 0.29) is 0 Å². The molecule has 1 aliphatic heterocycles. The van der Waals surface area contributed by atoms with Crippen molar-refractivity contribution in [3.05, 3.63) is 34.0 Å². The number of anilines is 1. The molecule has 2 aromatic heterocycles. The lowest BCUT2D eigenvalue weighted by Crippen LogP contribution is -2.36. The van der Waals surface area contributed by atoms with Crippen molar-refractivity contribution in [2.45, 2.75) is 38.6 Å². The zero-order valence-corrected chi connectivity index (χ0v) is 14.2. The molecule has 5 nitrogen and oxygen atoms in total. The van der Waals surface area contributed by atoms with E-state index >= 15 is 0 Å². The van der Waals surface area contributed by atoms with Gasteiger partial charge in [0, 0.05) is 17.8 Å². The Hall–Kier alpha value is -1.84. The number of likely N-dealkylation sites (tertiary alicyclic amines) is 1. The number of hydrogen-bond donors (Lipinski definition) is 1. The van der Waals surface area contributed by atoms with E-state index in [1.54, 1.807) is 11.3 Å². The van der Waals surface area contributed by atoms with E-state index in [1.165, 1.54) is 24.1 Å². The molecule has 1 N–H and O–H groups in total. The van der Waals surface area contributed by atoms with Crippen LogP contribution in [0.5, 0.6) is 0 Å². The Morgan fingerprint density at radius 1 is 1.43 bits per heavy atom. The molecule has 0 saturated carbocycles. The first-order valence-corrected chi connectivity index (χ1v) is 9.11. The number of thiophene rings is 1. The third kappa shape index (κ3) is 3.74. The summed E-state index contributed by atoms with van der Waals surface area (Å²) >= 11 is 1.79. The molecule has 1 fully saturated rings. The Bertz CT molecular complexity index is 653. The number of nitrogens with zero attached hydrogens (tertiary/aromatic N) is 3. The number of nitrogens with one attached hydrogen (secondary N) is 1. The molecule has 3 heterocycles. The zero-order chi connectivity index (χ0) is 16.1. The van der Waals surface area contributed by atoms with Gasteiger partial charge >= 0.3 is 0 Å². The largest absolute Gasteiger partial charge is 0.424 e. The maximum Gasteiger partial charge on any atom is 0.232 e. The first kappa shape index (κ1) is 16.0. The monoisotopic (exact) mass is 330 g/mol. The van der Waals surface area contributed by atoms with Crippen molar-refractivity contribution in [1.29, 1.82) is 5.26 Å². The Morgan fingerprint density at radius 2 is 2.26 bits per heavy atom. The fourth-order valence-electron chi connectivity index (χ4n) is 3.02. The Labute approximate surface area is 140 Å². The second kappa shape index (κ2) is 7.62. The quantitative estimate of drug-likeness (QED) is 0.872. The minimum Gasteiger partial charge on any atom is -0.424 e. The summed E-state index contributed by atoms with van der Waals surface area (Å²) in [7, 11) is 0. The van der Waals surface area contributed by atoms with Crippen LogP contribution in [0, 0.1) is 11.3 Å². The third-order valence-electron chi connectivity index (χ3n) is 4.24. The standard InChI is InChI=1S/C17H22N4OS/c1-2-16-20-13(11-18)17(22-16)19-12-14(15-7-6-10-23-15)21-8-4-3-5-9-21/h6-7,10,14,19H,2-5,8-9,12H2,1H3. The second-order valence-corrected chi connectivity index (χ2v) is 6.74. The van der Waals surface area contributed by atoms with Crippen LogP contribution >= 0.6 is 11.3 Å². The Balaban J connectivity index is 1.74. The number of nitriles is 1. The number of hydrogen-bond acceptors (Lipinski definition) is 6. The molecule has 122 valence electrons. The van der Waals surface area contributed by atoms with Crippen molar-refractivity contribution in [3.8, 4) is 6.07 Å². The number of piperidine rings is 1. The van der Waals surface area contributed by atoms with Crippen molar-refractivity contribution in [2.24, 2.45) is 0 Å². The first-order chi connectivity index (χ1) is 11.3. The van der Waals surface area contributed by atoms with Gasteiger partial charge in [0.25, 0.3) is 0 Å². The van der Waals surface area contributed by atoms with Crippen LogP contribution in [0.3, 0.4) is 0 Å². The van der Waals surface area contributed by atoms with Gasteiger partial charge in [0.2, 0.25) is 11.6 Å². The van der Waals surface area contributed by atoms with Crippen LogP contribution in [-0.2, 0) is 6.42 Å². The van der Waals surface area contributed by atoms with Gasteiger partial charge in [0.15, 0.2) is 5.89 Å². The van der Waals surface area contributed by atoms with Crippen LogP contribution in [0.25, 0.3) is 0 Å². The maximum atomic E-state index is 9.20. The molecule has 6 heteroatoms. The highest BCUT2D eigenvalue weighted by Gasteiger charge is 2.24. The van der Waals surface area contributed by atoms with Gasteiger partial charge in [-0.25, -0.2) is 4.98 Å². The van der Waals surface area contributed by atoms with Gasteiger partial charge in [-0.1, -0.05) is 19.4 Å². The predicted molar refractivity (Wildman–Crippen MR) is 91.6 cm³/mol. The van der Waals surface area contributed by atoms with Gasteiger partial charge in [-0.3, -0.25) is 4.90 Å². The number of rotatable bonds is 6. The number of aromatic nitrogens is 1. The molecule has 1 atom stereocenters. The van der Waals surface area contributed by atoms with Crippen LogP contribution in [-0.4, -0.2) is 29.5 Å². The minimum absolute atomic E-state index is 0.317. The average Bonchev–Trinajstić information content (AvgIpc) is 3.25. The van der Waals surface area contributed by atoms with E-state index in [4.69, 9.17) is 4.42 Å². The molecule has 0 bridgehead atoms. The van der Waals surface area contributed by atoms with Gasteiger partial charge < -0.3 is 9.73 Å². The topological polar surface area (TPSA) is 65.1 Å². The Kier molecular flexibility index (Phi) is 5.31. The van der Waals surface area contributed by atoms with E-state index in [0.29, 0.717) is 29.9 Å². The smallest absolute Gasteiger partial charge is 0.232 e. The van der Waals surface area contributed by atoms with Crippen molar-refractivity contribution in [3.63, 3.8) is 0 Å². The highest BCUT2D eigenvalue weighted by Crippen LogP contribution is 2.29. The molecule has 3 rings (SSSR count). The molecule has 2 aromatic rings. The van der Waals surface area contributed by atoms with Crippen molar-refractivity contribution in [2.75, 3.05) is 25.0 Å². The van der Waals surface area contributed by atoms with Crippen molar-refractivity contribution < 1.29 is 4.42 Å². The van der Waals surface area contributed by atoms with Gasteiger partial charge in [-0.2, -0.15) is 5.26 Å². The fourth-order valence-corrected chi connectivity index (χ4v) is 3.88. The van der Waals surface area contributed by atoms with Crippen LogP contribution < -0.4 is 5.32 Å². The Morgan fingerprint density at radius 3 is 2.91 bits per heavy atom. The maximum absolute atomic E-state index is 9.20. The summed E-state index contributed by atoms with van der Waals surface area (Å²) in [5.74, 6) is 1.11. The molecule has 0 radical (unpaired) electrons. The molecule has 1 unspecified atom stereocenters. The lowest BCUT2D eigenvalue weighted by Gasteiger charge is -2.34. The van der Waals surface area contributed by atoms with Gasteiger partial charge in [-0.15, -0.1) is 11.3 Å². The molecular formula is C17H22N4OS. The summed E-state index contributed by atoms with van der Waals surface area (Å²) in [6.07, 6.45) is 4.53. The average molecular weight is 330 g/mol. The summed E-state index contributed by atoms with van der Waals surface area (Å²) in [6, 6.07) is 6.71. The van der Waals surface area contributed by atoms with Crippen molar-refractivity contribution in [1.82, 2.24) is 9.88 Å². The first-order valence-electron chi connectivity index (χ1n) is 8.23. The molecule has 1 saturated heterocycles. The van der Waals surface area contributed by atoms with Crippen molar-refractivity contribution >= 4 is 17.2 Å². The molecular weight excluding hydrogens is 308 g/mol. The normalized spacial score (nSPS) is 16.9. The number of oxazole rings is 1. The second-order valence-electron chi connectivity index (χ2n) is 5.76. The van der Waals surface area contributed by atoms with Gasteiger partial charge in [-0.05, 0) is 37.4 Å². The van der Waals surface area contributed by atoms with E-state index in [0.717, 1.165) is 19.6 Å². The molecule has 23 heavy (non-hydrogen) atoms. The predicted octanol–water partition coefficient (Wildman–Crippen LogP) is 3.81. The minimum atomic E-state index is 0.317. The SMILES string of the molecule is CCc1nc(C#N)c(NCC(c2cccs2)N2CCCCC2)o1. The van der Waals surface area contributed by atoms with Gasteiger partial charge in [0.1, 0.15) is 6.07 Å². The van der Waals surface area contributed by atoms with E-state index < -0.39 is 0 Å². The van der Waals surface area contributed by atoms with E-state index in [2.05, 4.69) is 38.8 Å². The summed E-state index contributed by atoms with van der Waals surface area (Å²) in [4.78, 5) is 8.09. The molecule has 0 aliphatic carbocycles. The lowest BCUT2D eigenvalue weighted by atomic mass is 10.1. The highest BCUT2D eigenvalue weighted by molar-refractivity contribution is 7.10. The molecule has 1 aliphatic rings. The van der Waals surface area contributed by atoms with Crippen LogP contribution in [0.15, 0.2) is 21.9 Å². The zero-order valence-electron chi connectivity index (χ0n) is 13.4. The molecule has 0 amide bonds. The highest BCUT2D eigenvalue weighted by atomic mass is 32.1. The van der Waals surface area contributed by atoms with Crippen LogP contribution in [0.4, 0.5) is 5.88 Å². The summed E-state index contributed by atoms with van der Waals surface area (Å²) in [5, 5.41) is 14.6. The van der Waals surface area contributed by atoms with Crippen LogP contribution in [0.2, 0.25) is 0 Å². The summed E-state index contributed by atoms with van der Waals surface area (Å²) in [6.45, 7) is 4.96. The summed E-state index contributed by atoms with van der Waals surface area (Å²) in [5.41, 5.74) is 0.352. The lowest BCUT2D eigenvalue weighted by molar-refractivity contribution is 0.172. The van der Waals surface area contributed by atoms with E-state index in [1.807, 2.05) is 6.92 Å². The van der Waals surface area contributed by atoms with Crippen LogP contribution in [0.1, 0.15) is 48.7 Å².